The number of rotatable bonds is 11. The van der Waals surface area contributed by atoms with Crippen LogP contribution in [-0.2, 0) is 23.1 Å². The molecule has 1 aliphatic carbocycles. The second kappa shape index (κ2) is 16.6. The number of anilines is 1. The number of urea groups is 1. The number of aliphatic hydroxyl groups excluding tert-OH is 2. The van der Waals surface area contributed by atoms with Gasteiger partial charge in [0.2, 0.25) is 0 Å². The molecule has 2 aliphatic heterocycles. The number of methoxy groups -OCH3 is 1. The van der Waals surface area contributed by atoms with E-state index in [-0.39, 0.29) is 70.2 Å². The van der Waals surface area contributed by atoms with Crippen molar-refractivity contribution < 1.29 is 42.9 Å². The van der Waals surface area contributed by atoms with Gasteiger partial charge < -0.3 is 50.0 Å². The highest BCUT2D eigenvalue weighted by molar-refractivity contribution is 6.34. The summed E-state index contributed by atoms with van der Waals surface area (Å²) in [6.07, 6.45) is -1.53. The summed E-state index contributed by atoms with van der Waals surface area (Å²) in [5.74, 6) is -2.27. The van der Waals surface area contributed by atoms with Crippen molar-refractivity contribution >= 4 is 35.3 Å². The zero-order valence-electron chi connectivity index (χ0n) is 34.4. The fraction of sp³-hybridized carbons (Fsp3) is 0.488. The number of nitrogens with zero attached hydrogens (tertiary/aromatic N) is 6. The Kier molecular flexibility index (Phi) is 11.9. The molecule has 1 unspecified atom stereocenters. The Morgan fingerprint density at radius 3 is 2.35 bits per heavy atom. The van der Waals surface area contributed by atoms with Crippen molar-refractivity contribution in [3.63, 3.8) is 0 Å². The van der Waals surface area contributed by atoms with Gasteiger partial charge >= 0.3 is 12.1 Å². The molecular weight excluding hydrogens is 804 g/mol. The average Bonchev–Trinajstić information content (AvgIpc) is 3.64. The number of piperidine rings is 1. The van der Waals surface area contributed by atoms with Crippen LogP contribution in [0, 0.1) is 37.3 Å². The summed E-state index contributed by atoms with van der Waals surface area (Å²) < 4.78 is 45.0. The van der Waals surface area contributed by atoms with Gasteiger partial charge in [-0.1, -0.05) is 17.7 Å². The quantitative estimate of drug-likeness (QED) is 0.134. The summed E-state index contributed by atoms with van der Waals surface area (Å²) in [5.41, 5.74) is 1.92. The van der Waals surface area contributed by atoms with Gasteiger partial charge in [-0.3, -0.25) is 9.48 Å². The van der Waals surface area contributed by atoms with Crippen molar-refractivity contribution in [3.05, 3.63) is 76.0 Å². The molecule has 16 nitrogen and oxygen atoms in total. The summed E-state index contributed by atoms with van der Waals surface area (Å²) in [4.78, 5) is 46.0. The van der Waals surface area contributed by atoms with E-state index in [0.29, 0.717) is 48.9 Å². The van der Waals surface area contributed by atoms with Crippen LogP contribution in [0.25, 0.3) is 22.4 Å². The first-order chi connectivity index (χ1) is 28.4. The molecule has 4 aromatic rings. The van der Waals surface area contributed by atoms with Crippen LogP contribution in [0.2, 0.25) is 5.02 Å². The van der Waals surface area contributed by atoms with Crippen LogP contribution in [0.1, 0.15) is 54.6 Å². The first kappa shape index (κ1) is 42.8. The van der Waals surface area contributed by atoms with Crippen LogP contribution >= 0.6 is 11.6 Å². The van der Waals surface area contributed by atoms with Crippen molar-refractivity contribution in [2.45, 2.75) is 71.2 Å². The standard InChI is InChI=1S/C41H50ClF2N9O7/c1-20-32(21(2)53(49-20)12-13-59-7)25-11-10-24(33(43)34(25)44)30-15-45-36(50(30)6)38(56)46-22-8-9-23(28(42)14-22)37(55)48-35-26-16-51(17-27(26)35)39(57)47-29-18-52(19-31(29)54)40(58)60-41(3,4)5/h8-11,14-15,26-27,29,31,35,38,46,54,56H,12-13,16-19H2,1-7H3,(H,47,57)(H,48,55)/t26-,27+,29-,31-,35+,38?/m1/s1. The zero-order valence-corrected chi connectivity index (χ0v) is 35.2. The van der Waals surface area contributed by atoms with Crippen LogP contribution in [-0.4, -0.2) is 121 Å². The zero-order chi connectivity index (χ0) is 43.4. The van der Waals surface area contributed by atoms with Gasteiger partial charge in [-0.05, 0) is 58.9 Å². The minimum absolute atomic E-state index is 0.0434. The number of amides is 4. The van der Waals surface area contributed by atoms with E-state index in [1.165, 1.54) is 39.9 Å². The predicted octanol–water partition coefficient (Wildman–Crippen LogP) is 4.60. The van der Waals surface area contributed by atoms with Crippen LogP contribution < -0.4 is 16.0 Å². The minimum atomic E-state index is -1.39. The topological polar surface area (TPSA) is 188 Å². The highest BCUT2D eigenvalue weighted by Gasteiger charge is 2.57. The van der Waals surface area contributed by atoms with E-state index in [1.54, 1.807) is 64.4 Å². The Morgan fingerprint density at radius 2 is 1.68 bits per heavy atom. The maximum absolute atomic E-state index is 15.7. The highest BCUT2D eigenvalue weighted by atomic mass is 35.5. The molecule has 7 rings (SSSR count). The third-order valence-corrected chi connectivity index (χ3v) is 11.6. The number of hydrogen-bond donors (Lipinski definition) is 5. The van der Waals surface area contributed by atoms with E-state index in [1.807, 2.05) is 0 Å². The van der Waals surface area contributed by atoms with Crippen LogP contribution in [0.5, 0.6) is 0 Å². The van der Waals surface area contributed by atoms with Gasteiger partial charge in [-0.2, -0.15) is 5.10 Å². The molecule has 6 atom stereocenters. The van der Waals surface area contributed by atoms with Crippen molar-refractivity contribution in [1.29, 1.82) is 0 Å². The number of aryl methyl sites for hydroxylation is 1. The second-order valence-corrected chi connectivity index (χ2v) is 17.0. The molecule has 2 saturated heterocycles. The highest BCUT2D eigenvalue weighted by Crippen LogP contribution is 2.46. The number of benzene rings is 2. The first-order valence-electron chi connectivity index (χ1n) is 19.7. The maximum atomic E-state index is 15.7. The molecule has 19 heteroatoms. The van der Waals surface area contributed by atoms with Crippen molar-refractivity contribution in [2.24, 2.45) is 18.9 Å². The largest absolute Gasteiger partial charge is 0.444 e. The van der Waals surface area contributed by atoms with Crippen LogP contribution in [0.4, 0.5) is 24.1 Å². The maximum Gasteiger partial charge on any atom is 0.410 e. The number of ether oxygens (including phenoxy) is 2. The minimum Gasteiger partial charge on any atom is -0.444 e. The molecule has 3 aliphatic rings. The third kappa shape index (κ3) is 8.50. The Morgan fingerprint density at radius 1 is 1.00 bits per heavy atom. The monoisotopic (exact) mass is 853 g/mol. The number of hydrogen-bond acceptors (Lipinski definition) is 10. The smallest absolute Gasteiger partial charge is 0.410 e. The van der Waals surface area contributed by atoms with Gasteiger partial charge in [0.15, 0.2) is 23.7 Å². The van der Waals surface area contributed by atoms with E-state index >= 15 is 8.78 Å². The molecule has 0 bridgehead atoms. The Balaban J connectivity index is 0.922. The van der Waals surface area contributed by atoms with E-state index < -0.39 is 47.6 Å². The number of imidazole rings is 1. The van der Waals surface area contributed by atoms with Crippen molar-refractivity contribution in [2.75, 3.05) is 45.2 Å². The molecule has 5 N–H and O–H groups in total. The van der Waals surface area contributed by atoms with Gasteiger partial charge in [0.25, 0.3) is 5.91 Å². The SMILES string of the molecule is COCCn1nc(C)c(-c2ccc(-c3cnc(C(O)Nc4ccc(C(=O)N[C@H]5[C@@H]6CN(C(=O)N[C@@H]7CN(C(=O)OC(C)(C)C)C[C@H]7O)C[C@@H]65)c(Cl)c4)n3C)c(F)c2F)c1C. The number of nitrogens with one attached hydrogen (secondary N) is 3. The summed E-state index contributed by atoms with van der Waals surface area (Å²) >= 11 is 6.54. The Hall–Kier alpha value is -5.30. The molecule has 3 fully saturated rings. The molecule has 0 radical (unpaired) electrons. The summed E-state index contributed by atoms with van der Waals surface area (Å²) in [6, 6.07) is 6.42. The lowest BCUT2D eigenvalue weighted by molar-refractivity contribution is 0.0269. The Bertz CT molecular complexity index is 2300. The van der Waals surface area contributed by atoms with E-state index in [2.05, 4.69) is 26.0 Å². The average molecular weight is 854 g/mol. The number of aromatic nitrogens is 4. The third-order valence-electron chi connectivity index (χ3n) is 11.3. The summed E-state index contributed by atoms with van der Waals surface area (Å²) in [5, 5.41) is 34.9. The van der Waals surface area contributed by atoms with E-state index in [9.17, 15) is 24.6 Å². The number of aliphatic hydroxyl groups is 2. The summed E-state index contributed by atoms with van der Waals surface area (Å²) in [6.45, 7) is 10.7. The lowest BCUT2D eigenvalue weighted by Crippen LogP contribution is -2.50. The number of fused-ring (bicyclic) bond motifs is 1. The first-order valence-corrected chi connectivity index (χ1v) is 20.0. The van der Waals surface area contributed by atoms with E-state index in [0.717, 1.165) is 0 Å². The molecule has 60 heavy (non-hydrogen) atoms. The Labute approximate surface area is 350 Å². The van der Waals surface area contributed by atoms with Gasteiger partial charge in [-0.15, -0.1) is 0 Å². The van der Waals surface area contributed by atoms with E-state index in [4.69, 9.17) is 21.1 Å². The molecule has 4 amide bonds. The number of β-amino-alcohol motifs (C(OH)–C–C–N with tert-alkyl or cyclic N) is 1. The number of halogens is 3. The lowest BCUT2D eigenvalue weighted by atomic mass is 10.00. The molecule has 1 saturated carbocycles. The molecule has 4 heterocycles. The van der Waals surface area contributed by atoms with Gasteiger partial charge in [-0.25, -0.2) is 23.4 Å². The lowest BCUT2D eigenvalue weighted by Gasteiger charge is -2.25. The van der Waals surface area contributed by atoms with Gasteiger partial charge in [0.05, 0.1) is 60.0 Å². The van der Waals surface area contributed by atoms with Gasteiger partial charge in [0.1, 0.15) is 5.60 Å². The summed E-state index contributed by atoms with van der Waals surface area (Å²) in [7, 11) is 3.15. The fourth-order valence-corrected chi connectivity index (χ4v) is 8.42. The van der Waals surface area contributed by atoms with Gasteiger partial charge in [0, 0.05) is 79.7 Å². The van der Waals surface area contributed by atoms with Crippen molar-refractivity contribution in [3.8, 4) is 22.4 Å². The molecule has 2 aromatic carbocycles. The van der Waals surface area contributed by atoms with Crippen LogP contribution in [0.15, 0.2) is 36.5 Å². The number of carbonyl (C=O) groups is 3. The fourth-order valence-electron chi connectivity index (χ4n) is 8.15. The molecule has 2 aromatic heterocycles. The molecule has 322 valence electrons. The predicted molar refractivity (Wildman–Crippen MR) is 217 cm³/mol. The number of likely N-dealkylation sites (tertiary alicyclic amines) is 2. The van der Waals surface area contributed by atoms with Crippen molar-refractivity contribution in [1.82, 2.24) is 39.8 Å². The molecule has 0 spiro atoms. The second-order valence-electron chi connectivity index (χ2n) is 16.6. The normalized spacial score (nSPS) is 21.5. The number of carbonyl (C=O) groups excluding carboxylic acids is 3. The molecular formula is C41H50ClF2N9O7. The van der Waals surface area contributed by atoms with Crippen LogP contribution in [0.3, 0.4) is 0 Å².